The van der Waals surface area contributed by atoms with Gasteiger partial charge in [-0.05, 0) is 104 Å². The highest BCUT2D eigenvalue weighted by Gasteiger charge is 2.28. The van der Waals surface area contributed by atoms with Crippen molar-refractivity contribution in [1.29, 1.82) is 0 Å². The fourth-order valence-electron chi connectivity index (χ4n) is 5.21. The van der Waals surface area contributed by atoms with Crippen LogP contribution >= 0.6 is 0 Å². The predicted octanol–water partition coefficient (Wildman–Crippen LogP) is 7.27. The fraction of sp³-hybridized carbons (Fsp3) is 0.290. The summed E-state index contributed by atoms with van der Waals surface area (Å²) in [6.07, 6.45) is 1.63. The molecule has 36 heavy (non-hydrogen) atoms. The first kappa shape index (κ1) is 23.9. The Kier molecular flexibility index (Phi) is 6.17. The van der Waals surface area contributed by atoms with E-state index in [9.17, 15) is 10.2 Å². The maximum Gasteiger partial charge on any atom is 0.130 e. The fourth-order valence-corrected chi connectivity index (χ4v) is 5.21. The number of benzene rings is 4. The van der Waals surface area contributed by atoms with Gasteiger partial charge in [-0.15, -0.1) is 0 Å². The molecule has 0 aliphatic heterocycles. The van der Waals surface area contributed by atoms with Gasteiger partial charge in [0.15, 0.2) is 0 Å². The maximum atomic E-state index is 11.2. The molecule has 0 atom stereocenters. The Morgan fingerprint density at radius 1 is 0.694 bits per heavy atom. The minimum Gasteiger partial charge on any atom is -0.507 e. The number of fused-ring (bicyclic) bond motifs is 4. The molecule has 5 rings (SSSR count). The molecule has 0 saturated heterocycles. The second-order valence-electron chi connectivity index (χ2n) is 9.82. The number of hydrogen-bond acceptors (Lipinski definition) is 5. The van der Waals surface area contributed by atoms with Gasteiger partial charge in [0.25, 0.3) is 0 Å². The van der Waals surface area contributed by atoms with Crippen molar-refractivity contribution in [2.24, 2.45) is 0 Å². The zero-order chi connectivity index (χ0) is 25.6. The Balaban J connectivity index is 1.74. The van der Waals surface area contributed by atoms with Gasteiger partial charge in [-0.1, -0.05) is 12.1 Å². The van der Waals surface area contributed by atoms with Gasteiger partial charge in [-0.25, -0.2) is 0 Å². The van der Waals surface area contributed by atoms with E-state index in [4.69, 9.17) is 14.2 Å². The minimum atomic E-state index is 0.0585. The summed E-state index contributed by atoms with van der Waals surface area (Å²) < 4.78 is 17.5. The number of aromatic hydroxyl groups is 2. The van der Waals surface area contributed by atoms with E-state index in [1.54, 1.807) is 19.2 Å². The molecule has 0 heterocycles. The molecule has 0 spiro atoms. The third-order valence-corrected chi connectivity index (χ3v) is 6.55. The number of ether oxygens (including phenoxy) is 3. The topological polar surface area (TPSA) is 68.2 Å². The van der Waals surface area contributed by atoms with Crippen LogP contribution in [0, 0.1) is 0 Å². The Labute approximate surface area is 211 Å². The molecule has 186 valence electrons. The lowest BCUT2D eigenvalue weighted by Gasteiger charge is -2.27. The molecule has 5 heteroatoms. The molecule has 0 aromatic heterocycles. The first-order valence-electron chi connectivity index (χ1n) is 12.4. The first-order valence-corrected chi connectivity index (χ1v) is 12.4. The van der Waals surface area contributed by atoms with Crippen LogP contribution in [0.25, 0.3) is 33.0 Å². The Bertz CT molecular complexity index is 1450. The zero-order valence-corrected chi connectivity index (χ0v) is 21.4. The van der Waals surface area contributed by atoms with Gasteiger partial charge in [0.2, 0.25) is 0 Å². The molecule has 0 radical (unpaired) electrons. The first-order chi connectivity index (χ1) is 17.3. The van der Waals surface area contributed by atoms with E-state index in [0.29, 0.717) is 23.3 Å². The van der Waals surface area contributed by atoms with Crippen molar-refractivity contribution in [3.8, 4) is 51.0 Å². The smallest absolute Gasteiger partial charge is 0.130 e. The number of aryl methyl sites for hydroxylation is 1. The third-order valence-electron chi connectivity index (χ3n) is 6.55. The highest BCUT2D eigenvalue weighted by molar-refractivity contribution is 6.04. The lowest BCUT2D eigenvalue weighted by molar-refractivity contribution is 0.242. The standard InChI is InChI=1S/C31H32O5/c1-17(2)35-21-8-11-23-19(14-21)6-10-25-29(23)28(34-5)16-27(33)31(25)30-24-12-9-22(36-18(3)4)15-20(24)7-13-26(30)32/h7-9,11-18,32-33H,6,10H2,1-5H3. The van der Waals surface area contributed by atoms with E-state index < -0.39 is 0 Å². The molecule has 0 bridgehead atoms. The molecule has 2 N–H and O–H groups in total. The summed E-state index contributed by atoms with van der Waals surface area (Å²) >= 11 is 0. The molecule has 0 fully saturated rings. The molecule has 5 nitrogen and oxygen atoms in total. The second-order valence-corrected chi connectivity index (χ2v) is 9.82. The Hall–Kier alpha value is -3.86. The van der Waals surface area contributed by atoms with Gasteiger partial charge in [0.1, 0.15) is 28.7 Å². The minimum absolute atomic E-state index is 0.0585. The molecule has 0 saturated carbocycles. The number of rotatable bonds is 6. The summed E-state index contributed by atoms with van der Waals surface area (Å²) in [4.78, 5) is 0. The largest absolute Gasteiger partial charge is 0.507 e. The van der Waals surface area contributed by atoms with Gasteiger partial charge >= 0.3 is 0 Å². The number of hydrogen-bond donors (Lipinski definition) is 2. The van der Waals surface area contributed by atoms with Crippen molar-refractivity contribution in [2.45, 2.75) is 52.7 Å². The van der Waals surface area contributed by atoms with Gasteiger partial charge in [0, 0.05) is 22.8 Å². The summed E-state index contributed by atoms with van der Waals surface area (Å²) in [5.41, 5.74) is 5.38. The normalized spacial score (nSPS) is 12.5. The predicted molar refractivity (Wildman–Crippen MR) is 144 cm³/mol. The van der Waals surface area contributed by atoms with Crippen LogP contribution in [0.15, 0.2) is 54.6 Å². The quantitative estimate of drug-likeness (QED) is 0.301. The van der Waals surface area contributed by atoms with Crippen LogP contribution in [0.1, 0.15) is 38.8 Å². The van der Waals surface area contributed by atoms with E-state index in [1.807, 2.05) is 58.0 Å². The monoisotopic (exact) mass is 484 g/mol. The molecule has 1 aliphatic rings. The summed E-state index contributed by atoms with van der Waals surface area (Å²) in [6.45, 7) is 8.01. The molecule has 1 aliphatic carbocycles. The molecule has 0 amide bonds. The van der Waals surface area contributed by atoms with Crippen LogP contribution < -0.4 is 14.2 Å². The van der Waals surface area contributed by atoms with E-state index >= 15 is 0 Å². The second kappa shape index (κ2) is 9.30. The Morgan fingerprint density at radius 2 is 1.39 bits per heavy atom. The van der Waals surface area contributed by atoms with E-state index in [-0.39, 0.29) is 23.7 Å². The lowest BCUT2D eigenvalue weighted by atomic mass is 9.80. The van der Waals surface area contributed by atoms with Crippen LogP contribution in [0.5, 0.6) is 28.7 Å². The lowest BCUT2D eigenvalue weighted by Crippen LogP contribution is -2.10. The third kappa shape index (κ3) is 4.19. The zero-order valence-electron chi connectivity index (χ0n) is 21.4. The van der Waals surface area contributed by atoms with Gasteiger partial charge < -0.3 is 24.4 Å². The van der Waals surface area contributed by atoms with Crippen molar-refractivity contribution in [1.82, 2.24) is 0 Å². The molecule has 0 unspecified atom stereocenters. The van der Waals surface area contributed by atoms with Crippen LogP contribution in [0.4, 0.5) is 0 Å². The van der Waals surface area contributed by atoms with E-state index in [1.165, 1.54) is 5.56 Å². The average Bonchev–Trinajstić information content (AvgIpc) is 2.83. The Morgan fingerprint density at radius 3 is 2.08 bits per heavy atom. The van der Waals surface area contributed by atoms with Crippen molar-refractivity contribution in [2.75, 3.05) is 7.11 Å². The summed E-state index contributed by atoms with van der Waals surface area (Å²) in [6, 6.07) is 17.2. The van der Waals surface area contributed by atoms with Crippen molar-refractivity contribution >= 4 is 10.8 Å². The number of methoxy groups -OCH3 is 1. The van der Waals surface area contributed by atoms with Crippen molar-refractivity contribution < 1.29 is 24.4 Å². The van der Waals surface area contributed by atoms with Crippen molar-refractivity contribution in [3.05, 3.63) is 65.7 Å². The van der Waals surface area contributed by atoms with Gasteiger partial charge in [-0.2, -0.15) is 0 Å². The average molecular weight is 485 g/mol. The molecular weight excluding hydrogens is 452 g/mol. The van der Waals surface area contributed by atoms with Crippen molar-refractivity contribution in [3.63, 3.8) is 0 Å². The van der Waals surface area contributed by atoms with Crippen LogP contribution in [0.3, 0.4) is 0 Å². The van der Waals surface area contributed by atoms with Gasteiger partial charge in [0.05, 0.1) is 19.3 Å². The van der Waals surface area contributed by atoms with Crippen LogP contribution in [-0.4, -0.2) is 29.5 Å². The van der Waals surface area contributed by atoms with E-state index in [0.717, 1.165) is 45.4 Å². The summed E-state index contributed by atoms with van der Waals surface area (Å²) in [5.74, 6) is 2.42. The SMILES string of the molecule is COc1cc(O)c(-c2c(O)ccc3cc(OC(C)C)ccc23)c2c1-c1ccc(OC(C)C)cc1CC2. The molecule has 4 aromatic carbocycles. The van der Waals surface area contributed by atoms with Gasteiger partial charge in [-0.3, -0.25) is 0 Å². The summed E-state index contributed by atoms with van der Waals surface area (Å²) in [5, 5.41) is 24.1. The number of phenolic OH excluding ortho intramolecular Hbond substituents is 2. The highest BCUT2D eigenvalue weighted by atomic mass is 16.5. The molecule has 4 aromatic rings. The maximum absolute atomic E-state index is 11.2. The summed E-state index contributed by atoms with van der Waals surface area (Å²) in [7, 11) is 1.62. The highest BCUT2D eigenvalue weighted by Crippen LogP contribution is 2.52. The van der Waals surface area contributed by atoms with Crippen LogP contribution in [-0.2, 0) is 12.8 Å². The molecular formula is C31H32O5. The number of phenols is 2. The van der Waals surface area contributed by atoms with E-state index in [2.05, 4.69) is 12.1 Å². The van der Waals surface area contributed by atoms with Crippen LogP contribution in [0.2, 0.25) is 0 Å².